The number of rotatable bonds is 9. The van der Waals surface area contributed by atoms with Crippen LogP contribution in [0.15, 0.2) is 253 Å². The summed E-state index contributed by atoms with van der Waals surface area (Å²) < 4.78 is 4.99. The summed E-state index contributed by atoms with van der Waals surface area (Å²) in [6.45, 7) is 4.30. The van der Waals surface area contributed by atoms with Crippen molar-refractivity contribution < 1.29 is 0 Å². The van der Waals surface area contributed by atoms with Crippen molar-refractivity contribution in [3.05, 3.63) is 259 Å². The molecule has 0 N–H and O–H groups in total. The van der Waals surface area contributed by atoms with E-state index in [1.165, 1.54) is 59.7 Å². The molecule has 2 aromatic heterocycles. The third-order valence-electron chi connectivity index (χ3n) is 14.4. The van der Waals surface area contributed by atoms with Crippen molar-refractivity contribution in [2.24, 2.45) is 9.98 Å². The minimum atomic E-state index is 0.662. The van der Waals surface area contributed by atoms with Crippen LogP contribution in [0, 0.1) is 0 Å². The van der Waals surface area contributed by atoms with Crippen LogP contribution in [0.2, 0.25) is 0 Å². The zero-order valence-electron chi connectivity index (χ0n) is 40.3. The third kappa shape index (κ3) is 7.39. The van der Waals surface area contributed by atoms with Crippen LogP contribution in [-0.4, -0.2) is 20.7 Å². The fraction of sp³-hybridized carbons (Fsp3) is 0.0588. The number of benzene rings is 11. The summed E-state index contributed by atoms with van der Waals surface area (Å²) in [4.78, 5) is 11.0. The van der Waals surface area contributed by atoms with E-state index in [-0.39, 0.29) is 0 Å². The second kappa shape index (κ2) is 18.0. The topological polar surface area (TPSA) is 34.6 Å². The molecule has 0 aliphatic carbocycles. The van der Waals surface area contributed by atoms with Gasteiger partial charge in [0.2, 0.25) is 0 Å². The number of para-hydroxylation sites is 1. The van der Waals surface area contributed by atoms with Crippen molar-refractivity contribution in [3.63, 3.8) is 0 Å². The number of hydrogen-bond acceptors (Lipinski definition) is 1. The summed E-state index contributed by atoms with van der Waals surface area (Å²) >= 11 is 0. The van der Waals surface area contributed by atoms with Gasteiger partial charge in [-0.15, -0.1) is 0 Å². The molecule has 0 radical (unpaired) electrons. The van der Waals surface area contributed by atoms with Gasteiger partial charge in [-0.05, 0) is 111 Å². The Labute approximate surface area is 418 Å². The molecule has 0 spiro atoms. The Bertz CT molecular complexity index is 4320. The van der Waals surface area contributed by atoms with Crippen molar-refractivity contribution in [2.75, 3.05) is 0 Å². The summed E-state index contributed by atoms with van der Waals surface area (Å²) in [6, 6.07) is 85.8. The molecule has 0 atom stereocenters. The maximum Gasteiger partial charge on any atom is 0.160 e. The van der Waals surface area contributed by atoms with Crippen molar-refractivity contribution in [2.45, 2.75) is 26.7 Å². The summed E-state index contributed by atoms with van der Waals surface area (Å²) in [7, 11) is 0. The summed E-state index contributed by atoms with van der Waals surface area (Å²) in [5.41, 5.74) is 14.1. The first-order chi connectivity index (χ1) is 35.6. The number of aliphatic imine (C=N–C) groups is 2. The highest BCUT2D eigenvalue weighted by atomic mass is 15.0. The van der Waals surface area contributed by atoms with Crippen LogP contribution >= 0.6 is 0 Å². The number of amidine groups is 1. The average Bonchev–Trinajstić information content (AvgIpc) is 3.94. The lowest BCUT2D eigenvalue weighted by molar-refractivity contribution is 0.958. The Morgan fingerprint density at radius 1 is 0.417 bits per heavy atom. The molecule has 4 nitrogen and oxygen atoms in total. The number of nitrogens with zero attached hydrogens (tertiary/aromatic N) is 4. The van der Waals surface area contributed by atoms with Gasteiger partial charge in [0.25, 0.3) is 0 Å². The molecule has 342 valence electrons. The van der Waals surface area contributed by atoms with Gasteiger partial charge < -0.3 is 9.13 Å². The van der Waals surface area contributed by atoms with Crippen LogP contribution < -0.4 is 0 Å². The Morgan fingerprint density at radius 2 is 1.04 bits per heavy atom. The lowest BCUT2D eigenvalue weighted by Gasteiger charge is -2.16. The zero-order valence-corrected chi connectivity index (χ0v) is 40.3. The highest BCUT2D eigenvalue weighted by molar-refractivity contribution is 6.27. The van der Waals surface area contributed by atoms with E-state index in [4.69, 9.17) is 9.98 Å². The molecular formula is C68H50N4. The number of allylic oxidation sites excluding steroid dienone is 1. The third-order valence-corrected chi connectivity index (χ3v) is 14.4. The minimum absolute atomic E-state index is 0.662. The van der Waals surface area contributed by atoms with E-state index in [1.54, 1.807) is 0 Å². The van der Waals surface area contributed by atoms with E-state index in [9.17, 15) is 0 Å². The predicted octanol–water partition coefficient (Wildman–Crippen LogP) is 18.1. The van der Waals surface area contributed by atoms with Gasteiger partial charge >= 0.3 is 0 Å². The number of hydrogen-bond donors (Lipinski definition) is 0. The molecule has 0 unspecified atom stereocenters. The van der Waals surface area contributed by atoms with Gasteiger partial charge in [0.15, 0.2) is 5.84 Å². The van der Waals surface area contributed by atoms with Gasteiger partial charge in [0.05, 0.1) is 33.5 Å². The molecule has 2 heterocycles. The van der Waals surface area contributed by atoms with Crippen molar-refractivity contribution in [3.8, 4) is 22.5 Å². The fourth-order valence-corrected chi connectivity index (χ4v) is 10.9. The lowest BCUT2D eigenvalue weighted by atomic mass is 9.94. The monoisotopic (exact) mass is 922 g/mol. The number of aromatic nitrogens is 2. The minimum Gasteiger partial charge on any atom is -0.309 e. The highest BCUT2D eigenvalue weighted by Crippen LogP contribution is 2.45. The maximum absolute atomic E-state index is 5.54. The van der Waals surface area contributed by atoms with E-state index >= 15 is 0 Å². The van der Waals surface area contributed by atoms with Crippen molar-refractivity contribution >= 4 is 93.2 Å². The van der Waals surface area contributed by atoms with Gasteiger partial charge in [-0.3, -0.25) is 0 Å². The van der Waals surface area contributed by atoms with Crippen LogP contribution in [0.3, 0.4) is 0 Å². The normalized spacial score (nSPS) is 12.7. The van der Waals surface area contributed by atoms with Gasteiger partial charge in [-0.1, -0.05) is 207 Å². The van der Waals surface area contributed by atoms with Crippen LogP contribution in [0.25, 0.3) is 104 Å². The second-order valence-electron chi connectivity index (χ2n) is 18.8. The van der Waals surface area contributed by atoms with Gasteiger partial charge in [-0.2, -0.15) is 0 Å². The fourth-order valence-electron chi connectivity index (χ4n) is 10.9. The first-order valence-corrected chi connectivity index (χ1v) is 25.1. The molecule has 0 amide bonds. The summed E-state index contributed by atoms with van der Waals surface area (Å²) in [5.74, 6) is 0.662. The average molecular weight is 923 g/mol. The Kier molecular flexibility index (Phi) is 10.7. The molecule has 0 aliphatic heterocycles. The SMILES string of the molecule is CCC/C=C(/N=C(N=C(C)c1ccccc1)c1cc(-n2c3ccccc3c3cc4c5c6ccccc6c(-c6ccccc6)cc5n(-c5ccc6ccccc6c5)c4cc32)c2ccccc2c1)c1ccccc1. The molecule has 11 aromatic carbocycles. The van der Waals surface area contributed by atoms with Crippen molar-refractivity contribution in [1.29, 1.82) is 0 Å². The molecule has 13 rings (SSSR count). The van der Waals surface area contributed by atoms with Crippen molar-refractivity contribution in [1.82, 2.24) is 9.13 Å². The number of unbranched alkanes of at least 4 members (excludes halogenated alkanes) is 1. The van der Waals surface area contributed by atoms with E-state index in [2.05, 4.69) is 260 Å². The molecule has 4 heteroatoms. The summed E-state index contributed by atoms with van der Waals surface area (Å²) in [6.07, 6.45) is 4.17. The molecule has 72 heavy (non-hydrogen) atoms. The Hall–Kier alpha value is -9.12. The van der Waals surface area contributed by atoms with E-state index < -0.39 is 0 Å². The predicted molar refractivity (Wildman–Crippen MR) is 308 cm³/mol. The Morgan fingerprint density at radius 3 is 1.81 bits per heavy atom. The molecule has 0 aliphatic rings. The van der Waals surface area contributed by atoms with E-state index in [0.717, 1.165) is 79.6 Å². The van der Waals surface area contributed by atoms with Gasteiger partial charge in [-0.25, -0.2) is 9.98 Å². The first-order valence-electron chi connectivity index (χ1n) is 25.1. The lowest BCUT2D eigenvalue weighted by Crippen LogP contribution is -2.06. The standard InChI is InChI=1S/C68H50N4/c1-3-4-35-61(49-27-12-7-13-28-49)70-68(69-45(2)46-22-8-5-9-23-46)52-39-51-30-16-17-31-54(51)63(41-52)72-62-36-21-20-33-56(62)59-42-60-65(44-64(59)72)71(53-38-37-47-24-14-15-29-50(47)40-53)66-43-58(48-25-10-6-11-26-48)55-32-18-19-34-57(55)67(60)66/h5-44H,3-4H2,1-2H3/b61-35+,69-45?,70-68?. The number of fused-ring (bicyclic) bond motifs is 10. The molecule has 0 bridgehead atoms. The quantitative estimate of drug-likeness (QED) is 0.102. The Balaban J connectivity index is 1.14. The molecule has 0 saturated heterocycles. The van der Waals surface area contributed by atoms with Crippen LogP contribution in [0.5, 0.6) is 0 Å². The highest BCUT2D eigenvalue weighted by Gasteiger charge is 2.23. The molecule has 0 fully saturated rings. The largest absolute Gasteiger partial charge is 0.309 e. The second-order valence-corrected chi connectivity index (χ2v) is 18.8. The maximum atomic E-state index is 5.54. The smallest absolute Gasteiger partial charge is 0.160 e. The van der Waals surface area contributed by atoms with Gasteiger partial charge in [0.1, 0.15) is 0 Å². The van der Waals surface area contributed by atoms with Gasteiger partial charge in [0, 0.05) is 43.9 Å². The molecule has 13 aromatic rings. The van der Waals surface area contributed by atoms with Crippen LogP contribution in [-0.2, 0) is 0 Å². The summed E-state index contributed by atoms with van der Waals surface area (Å²) in [5, 5.41) is 12.0. The molecule has 0 saturated carbocycles. The van der Waals surface area contributed by atoms with E-state index in [1.807, 2.05) is 6.07 Å². The first kappa shape index (κ1) is 42.9. The van der Waals surface area contributed by atoms with Crippen LogP contribution in [0.1, 0.15) is 43.4 Å². The molecular weight excluding hydrogens is 873 g/mol. The van der Waals surface area contributed by atoms with E-state index in [0.29, 0.717) is 5.84 Å². The zero-order chi connectivity index (χ0) is 48.1. The van der Waals surface area contributed by atoms with Crippen LogP contribution in [0.4, 0.5) is 0 Å².